The highest BCUT2D eigenvalue weighted by atomic mass is 16.5. The van der Waals surface area contributed by atoms with E-state index in [1.165, 1.54) is 17.5 Å². The van der Waals surface area contributed by atoms with E-state index in [-0.39, 0.29) is 11.8 Å². The van der Waals surface area contributed by atoms with Crippen LogP contribution in [0.5, 0.6) is 0 Å². The van der Waals surface area contributed by atoms with Crippen LogP contribution in [0, 0.1) is 6.92 Å². The Morgan fingerprint density at radius 2 is 2.00 bits per heavy atom. The summed E-state index contributed by atoms with van der Waals surface area (Å²) in [6.07, 6.45) is 3.87. The number of carbonyl (C=O) groups is 1. The molecule has 1 atom stereocenters. The molecule has 1 fully saturated rings. The number of carbonyl (C=O) groups excluding carboxylic acids is 1. The third-order valence-corrected chi connectivity index (χ3v) is 5.59. The highest BCUT2D eigenvalue weighted by molar-refractivity contribution is 5.96. The number of hydrogen-bond acceptors (Lipinski definition) is 4. The van der Waals surface area contributed by atoms with Crippen LogP contribution < -0.4 is 4.90 Å². The number of amides is 1. The number of benzene rings is 2. The second kappa shape index (κ2) is 6.34. The van der Waals surface area contributed by atoms with Crippen LogP contribution in [0.3, 0.4) is 0 Å². The summed E-state index contributed by atoms with van der Waals surface area (Å²) in [4.78, 5) is 19.0. The van der Waals surface area contributed by atoms with Crippen molar-refractivity contribution in [1.82, 2.24) is 10.1 Å². The van der Waals surface area contributed by atoms with Gasteiger partial charge in [0.2, 0.25) is 17.6 Å². The Hall–Kier alpha value is -2.95. The van der Waals surface area contributed by atoms with Gasteiger partial charge in [0, 0.05) is 24.2 Å². The molecule has 1 saturated heterocycles. The van der Waals surface area contributed by atoms with Gasteiger partial charge in [0.25, 0.3) is 0 Å². The molecule has 1 aromatic heterocycles. The Morgan fingerprint density at radius 1 is 1.11 bits per heavy atom. The Morgan fingerprint density at radius 3 is 2.89 bits per heavy atom. The molecule has 27 heavy (non-hydrogen) atoms. The molecule has 0 spiro atoms. The lowest BCUT2D eigenvalue weighted by atomic mass is 10.1. The maximum atomic E-state index is 12.6. The summed E-state index contributed by atoms with van der Waals surface area (Å²) in [5, 5.41) is 4.13. The van der Waals surface area contributed by atoms with Crippen molar-refractivity contribution in [1.29, 1.82) is 0 Å². The van der Waals surface area contributed by atoms with Gasteiger partial charge in [-0.15, -0.1) is 0 Å². The second-order valence-corrected chi connectivity index (χ2v) is 7.54. The van der Waals surface area contributed by atoms with Crippen molar-refractivity contribution in [3.63, 3.8) is 0 Å². The lowest BCUT2D eigenvalue weighted by Crippen LogP contribution is -2.24. The normalized spacial score (nSPS) is 18.9. The maximum Gasteiger partial charge on any atom is 0.232 e. The van der Waals surface area contributed by atoms with E-state index in [2.05, 4.69) is 28.3 Å². The number of rotatable bonds is 3. The monoisotopic (exact) mass is 359 g/mol. The molecule has 0 radical (unpaired) electrons. The molecule has 5 nitrogen and oxygen atoms in total. The molecule has 1 aliphatic carbocycles. The molecule has 2 heterocycles. The van der Waals surface area contributed by atoms with Crippen molar-refractivity contribution in [3.8, 4) is 11.4 Å². The summed E-state index contributed by atoms with van der Waals surface area (Å²) < 4.78 is 5.51. The fourth-order valence-electron chi connectivity index (χ4n) is 4.15. The van der Waals surface area contributed by atoms with Gasteiger partial charge in [-0.05, 0) is 55.5 Å². The summed E-state index contributed by atoms with van der Waals surface area (Å²) in [6, 6.07) is 14.4. The molecule has 0 bridgehead atoms. The first kappa shape index (κ1) is 16.2. The molecule has 1 amide bonds. The molecule has 136 valence electrons. The first-order valence-electron chi connectivity index (χ1n) is 9.50. The summed E-state index contributed by atoms with van der Waals surface area (Å²) in [5.41, 5.74) is 5.87. The molecule has 2 aliphatic rings. The van der Waals surface area contributed by atoms with Gasteiger partial charge in [0.05, 0.1) is 5.92 Å². The van der Waals surface area contributed by atoms with Gasteiger partial charge in [-0.25, -0.2) is 0 Å². The van der Waals surface area contributed by atoms with Gasteiger partial charge in [-0.2, -0.15) is 4.98 Å². The largest absolute Gasteiger partial charge is 0.339 e. The van der Waals surface area contributed by atoms with Gasteiger partial charge in [0.1, 0.15) is 0 Å². The zero-order chi connectivity index (χ0) is 18.4. The van der Waals surface area contributed by atoms with E-state index in [0.29, 0.717) is 24.7 Å². The van der Waals surface area contributed by atoms with Crippen LogP contribution in [0.15, 0.2) is 47.0 Å². The van der Waals surface area contributed by atoms with E-state index in [4.69, 9.17) is 4.52 Å². The fraction of sp³-hybridized carbons (Fsp3) is 0.318. The minimum absolute atomic E-state index is 0.0585. The van der Waals surface area contributed by atoms with Crippen molar-refractivity contribution < 1.29 is 9.32 Å². The molecule has 3 aromatic rings. The molecule has 1 unspecified atom stereocenters. The van der Waals surface area contributed by atoms with E-state index >= 15 is 0 Å². The van der Waals surface area contributed by atoms with Crippen molar-refractivity contribution in [2.75, 3.05) is 11.4 Å². The summed E-state index contributed by atoms with van der Waals surface area (Å²) in [6.45, 7) is 2.63. The van der Waals surface area contributed by atoms with E-state index in [1.54, 1.807) is 0 Å². The predicted octanol–water partition coefficient (Wildman–Crippen LogP) is 4.05. The average molecular weight is 359 g/mol. The number of fused-ring (bicyclic) bond motifs is 1. The zero-order valence-corrected chi connectivity index (χ0v) is 15.3. The first-order valence-corrected chi connectivity index (χ1v) is 9.50. The molecule has 1 aliphatic heterocycles. The van der Waals surface area contributed by atoms with Gasteiger partial charge in [-0.1, -0.05) is 35.0 Å². The number of anilines is 1. The minimum Gasteiger partial charge on any atom is -0.339 e. The quantitative estimate of drug-likeness (QED) is 0.708. The van der Waals surface area contributed by atoms with Crippen LogP contribution in [0.1, 0.15) is 41.3 Å². The van der Waals surface area contributed by atoms with Crippen LogP contribution in [0.4, 0.5) is 5.69 Å². The van der Waals surface area contributed by atoms with Crippen molar-refractivity contribution >= 4 is 11.6 Å². The minimum atomic E-state index is -0.0585. The Kier molecular flexibility index (Phi) is 3.81. The third kappa shape index (κ3) is 2.93. The number of aromatic nitrogens is 2. The predicted molar refractivity (Wildman–Crippen MR) is 103 cm³/mol. The van der Waals surface area contributed by atoms with Gasteiger partial charge < -0.3 is 9.42 Å². The Labute approximate surface area is 158 Å². The van der Waals surface area contributed by atoms with Crippen LogP contribution in [0.25, 0.3) is 11.4 Å². The van der Waals surface area contributed by atoms with Crippen molar-refractivity contribution in [2.45, 2.75) is 38.5 Å². The molecule has 5 heteroatoms. The molecule has 2 aromatic carbocycles. The number of nitrogens with zero attached hydrogens (tertiary/aromatic N) is 3. The van der Waals surface area contributed by atoms with E-state index in [1.807, 2.05) is 36.1 Å². The van der Waals surface area contributed by atoms with Crippen molar-refractivity contribution in [2.24, 2.45) is 0 Å². The highest BCUT2D eigenvalue weighted by Crippen LogP contribution is 2.34. The summed E-state index contributed by atoms with van der Waals surface area (Å²) in [7, 11) is 0. The lowest BCUT2D eigenvalue weighted by molar-refractivity contribution is -0.117. The van der Waals surface area contributed by atoms with Crippen molar-refractivity contribution in [3.05, 3.63) is 65.0 Å². The third-order valence-electron chi connectivity index (χ3n) is 5.59. The SMILES string of the molecule is Cc1cccc(-c2noc(C3CC(=O)N(c4ccc5c(c4)CCC5)C3)n2)c1. The fourth-order valence-corrected chi connectivity index (χ4v) is 4.15. The molecule has 0 saturated carbocycles. The number of hydrogen-bond donors (Lipinski definition) is 0. The topological polar surface area (TPSA) is 59.2 Å². The average Bonchev–Trinajstić information content (AvgIpc) is 3.40. The maximum absolute atomic E-state index is 12.6. The molecular formula is C22H21N3O2. The van der Waals surface area contributed by atoms with Crippen LogP contribution in [-0.2, 0) is 17.6 Å². The van der Waals surface area contributed by atoms with Crippen LogP contribution >= 0.6 is 0 Å². The molecule has 0 N–H and O–H groups in total. The van der Waals surface area contributed by atoms with Crippen LogP contribution in [-0.4, -0.2) is 22.6 Å². The number of aryl methyl sites for hydroxylation is 3. The molecular weight excluding hydrogens is 338 g/mol. The Bertz CT molecular complexity index is 1020. The molecule has 5 rings (SSSR count). The van der Waals surface area contributed by atoms with Gasteiger partial charge >= 0.3 is 0 Å². The summed E-state index contributed by atoms with van der Waals surface area (Å²) >= 11 is 0. The van der Waals surface area contributed by atoms with E-state index < -0.39 is 0 Å². The lowest BCUT2D eigenvalue weighted by Gasteiger charge is -2.17. The second-order valence-electron chi connectivity index (χ2n) is 7.54. The van der Waals surface area contributed by atoms with E-state index in [9.17, 15) is 4.79 Å². The van der Waals surface area contributed by atoms with Gasteiger partial charge in [0.15, 0.2) is 0 Å². The van der Waals surface area contributed by atoms with Crippen LogP contribution in [0.2, 0.25) is 0 Å². The van der Waals surface area contributed by atoms with Gasteiger partial charge in [-0.3, -0.25) is 4.79 Å². The zero-order valence-electron chi connectivity index (χ0n) is 15.3. The smallest absolute Gasteiger partial charge is 0.232 e. The van der Waals surface area contributed by atoms with E-state index in [0.717, 1.165) is 29.7 Å². The highest BCUT2D eigenvalue weighted by Gasteiger charge is 2.35. The Balaban J connectivity index is 1.38. The standard InChI is InChI=1S/C22H21N3O2/c1-14-4-2-7-17(10-14)21-23-22(27-24-21)18-12-20(26)25(13-18)19-9-8-15-5-3-6-16(15)11-19/h2,4,7-11,18H,3,5-6,12-13H2,1H3. The summed E-state index contributed by atoms with van der Waals surface area (Å²) in [5.74, 6) is 1.19. The first-order chi connectivity index (χ1) is 13.2.